The number of halogens is 2. The summed E-state index contributed by atoms with van der Waals surface area (Å²) in [6.07, 6.45) is 3.19. The lowest BCUT2D eigenvalue weighted by Crippen LogP contribution is -1.94. The number of carbonyl (C=O) groups excluding carboxylic acids is 1. The van der Waals surface area contributed by atoms with Crippen LogP contribution in [0, 0.1) is 0 Å². The number of allylic oxidation sites excluding steroid dienone is 2. The van der Waals surface area contributed by atoms with Crippen LogP contribution in [0.1, 0.15) is 17.3 Å². The first-order valence-corrected chi connectivity index (χ1v) is 4.94. The summed E-state index contributed by atoms with van der Waals surface area (Å²) in [6, 6.07) is 5.20. The first kappa shape index (κ1) is 10.5. The van der Waals surface area contributed by atoms with Gasteiger partial charge in [-0.25, -0.2) is 0 Å². The van der Waals surface area contributed by atoms with Crippen molar-refractivity contribution in [3.05, 3.63) is 45.4 Å². The van der Waals surface area contributed by atoms with E-state index in [-0.39, 0.29) is 5.78 Å². The van der Waals surface area contributed by atoms with Crippen molar-refractivity contribution in [1.82, 2.24) is 0 Å². The summed E-state index contributed by atoms with van der Waals surface area (Å²) >= 11 is 9.15. The highest BCUT2D eigenvalue weighted by Crippen LogP contribution is 2.21. The highest BCUT2D eigenvalue weighted by Gasteiger charge is 2.06. The van der Waals surface area contributed by atoms with Crippen molar-refractivity contribution in [3.8, 4) is 0 Å². The highest BCUT2D eigenvalue weighted by atomic mass is 79.9. The zero-order chi connectivity index (χ0) is 9.84. The second-order valence-electron chi connectivity index (χ2n) is 2.49. The van der Waals surface area contributed by atoms with Gasteiger partial charge < -0.3 is 0 Å². The third-order valence-electron chi connectivity index (χ3n) is 1.51. The van der Waals surface area contributed by atoms with Crippen molar-refractivity contribution in [2.45, 2.75) is 6.92 Å². The Kier molecular flexibility index (Phi) is 3.70. The number of carbonyl (C=O) groups is 1. The first-order chi connectivity index (χ1) is 6.15. The summed E-state index contributed by atoms with van der Waals surface area (Å²) in [4.78, 5) is 11.4. The van der Waals surface area contributed by atoms with Gasteiger partial charge in [0.15, 0.2) is 5.78 Å². The van der Waals surface area contributed by atoms with Gasteiger partial charge in [0.1, 0.15) is 0 Å². The van der Waals surface area contributed by atoms with Gasteiger partial charge >= 0.3 is 0 Å². The van der Waals surface area contributed by atoms with E-state index >= 15 is 0 Å². The Labute approximate surface area is 90.5 Å². The van der Waals surface area contributed by atoms with Crippen LogP contribution >= 0.6 is 27.5 Å². The number of hydrogen-bond donors (Lipinski definition) is 0. The molecule has 0 aliphatic carbocycles. The van der Waals surface area contributed by atoms with Gasteiger partial charge in [0.2, 0.25) is 0 Å². The van der Waals surface area contributed by atoms with E-state index in [0.717, 1.165) is 4.47 Å². The van der Waals surface area contributed by atoms with E-state index in [2.05, 4.69) is 15.9 Å². The maximum absolute atomic E-state index is 11.4. The SMILES string of the molecule is C/C=C/C(=O)c1ccc(Br)cc1Cl. The molecular formula is C10H8BrClO. The van der Waals surface area contributed by atoms with E-state index in [1.165, 1.54) is 6.08 Å². The Morgan fingerprint density at radius 2 is 2.23 bits per heavy atom. The molecule has 0 bridgehead atoms. The standard InChI is InChI=1S/C10H8BrClO/c1-2-3-10(13)8-5-4-7(11)6-9(8)12/h2-6H,1H3/b3-2+. The molecule has 0 saturated heterocycles. The van der Waals surface area contributed by atoms with Crippen LogP contribution < -0.4 is 0 Å². The lowest BCUT2D eigenvalue weighted by atomic mass is 10.1. The predicted octanol–water partition coefficient (Wildman–Crippen LogP) is 3.86. The second-order valence-corrected chi connectivity index (χ2v) is 3.81. The topological polar surface area (TPSA) is 17.1 Å². The van der Waals surface area contributed by atoms with Gasteiger partial charge in [-0.15, -0.1) is 0 Å². The van der Waals surface area contributed by atoms with E-state index in [4.69, 9.17) is 11.6 Å². The van der Waals surface area contributed by atoms with Gasteiger partial charge in [0.05, 0.1) is 5.02 Å². The average Bonchev–Trinajstić information content (AvgIpc) is 2.04. The molecule has 0 unspecified atom stereocenters. The lowest BCUT2D eigenvalue weighted by molar-refractivity contribution is 0.104. The van der Waals surface area contributed by atoms with Gasteiger partial charge in [0.25, 0.3) is 0 Å². The molecule has 0 fully saturated rings. The summed E-state index contributed by atoms with van der Waals surface area (Å²) in [7, 11) is 0. The molecular weight excluding hydrogens is 251 g/mol. The zero-order valence-corrected chi connectivity index (χ0v) is 9.39. The summed E-state index contributed by atoms with van der Waals surface area (Å²) in [5.74, 6) is -0.0694. The molecule has 0 amide bonds. The van der Waals surface area contributed by atoms with Crippen LogP contribution in [0.25, 0.3) is 0 Å². The van der Waals surface area contributed by atoms with E-state index < -0.39 is 0 Å². The molecule has 1 aromatic rings. The fraction of sp³-hybridized carbons (Fsp3) is 0.100. The largest absolute Gasteiger partial charge is 0.289 e. The van der Waals surface area contributed by atoms with Gasteiger partial charge in [-0.1, -0.05) is 33.6 Å². The first-order valence-electron chi connectivity index (χ1n) is 3.77. The van der Waals surface area contributed by atoms with Crippen molar-refractivity contribution in [3.63, 3.8) is 0 Å². The Balaban J connectivity index is 3.09. The van der Waals surface area contributed by atoms with Crippen LogP contribution in [-0.4, -0.2) is 5.78 Å². The summed E-state index contributed by atoms with van der Waals surface area (Å²) in [5.41, 5.74) is 0.531. The maximum Gasteiger partial charge on any atom is 0.187 e. The molecule has 0 spiro atoms. The zero-order valence-electron chi connectivity index (χ0n) is 7.05. The van der Waals surface area contributed by atoms with Gasteiger partial charge in [0, 0.05) is 10.0 Å². The molecule has 68 valence electrons. The molecule has 1 nitrogen and oxygen atoms in total. The predicted molar refractivity (Wildman–Crippen MR) is 58.3 cm³/mol. The van der Waals surface area contributed by atoms with Crippen molar-refractivity contribution in [2.75, 3.05) is 0 Å². The minimum absolute atomic E-state index is 0.0694. The fourth-order valence-electron chi connectivity index (χ4n) is 0.930. The Morgan fingerprint density at radius 3 is 2.77 bits per heavy atom. The average molecular weight is 260 g/mol. The molecule has 0 atom stereocenters. The number of rotatable bonds is 2. The third-order valence-corrected chi connectivity index (χ3v) is 2.32. The summed E-state index contributed by atoms with van der Waals surface area (Å²) in [6.45, 7) is 1.80. The molecule has 1 aromatic carbocycles. The molecule has 0 radical (unpaired) electrons. The molecule has 13 heavy (non-hydrogen) atoms. The number of ketones is 1. The van der Waals surface area contributed by atoms with Gasteiger partial charge in [-0.3, -0.25) is 4.79 Å². The summed E-state index contributed by atoms with van der Waals surface area (Å²) in [5, 5.41) is 0.470. The van der Waals surface area contributed by atoms with Crippen molar-refractivity contribution >= 4 is 33.3 Å². The van der Waals surface area contributed by atoms with Crippen LogP contribution in [0.3, 0.4) is 0 Å². The van der Waals surface area contributed by atoms with Crippen LogP contribution in [0.2, 0.25) is 5.02 Å². The fourth-order valence-corrected chi connectivity index (χ4v) is 1.70. The molecule has 0 saturated carbocycles. The van der Waals surface area contributed by atoms with Gasteiger partial charge in [-0.05, 0) is 31.2 Å². The Bertz CT molecular complexity index is 358. The molecule has 0 N–H and O–H groups in total. The van der Waals surface area contributed by atoms with Crippen molar-refractivity contribution in [1.29, 1.82) is 0 Å². The van der Waals surface area contributed by atoms with E-state index in [9.17, 15) is 4.79 Å². The number of hydrogen-bond acceptors (Lipinski definition) is 1. The molecule has 0 aromatic heterocycles. The van der Waals surface area contributed by atoms with E-state index in [1.54, 1.807) is 31.2 Å². The molecule has 1 rings (SSSR count). The summed E-state index contributed by atoms with van der Waals surface area (Å²) < 4.78 is 0.870. The minimum atomic E-state index is -0.0694. The molecule has 0 aliphatic rings. The Morgan fingerprint density at radius 1 is 1.54 bits per heavy atom. The van der Waals surface area contributed by atoms with E-state index in [0.29, 0.717) is 10.6 Å². The van der Waals surface area contributed by atoms with Crippen molar-refractivity contribution in [2.24, 2.45) is 0 Å². The van der Waals surface area contributed by atoms with E-state index in [1.807, 2.05) is 0 Å². The Hall–Kier alpha value is -0.600. The monoisotopic (exact) mass is 258 g/mol. The van der Waals surface area contributed by atoms with Crippen LogP contribution in [0.4, 0.5) is 0 Å². The molecule has 0 heterocycles. The lowest BCUT2D eigenvalue weighted by Gasteiger charge is -1.99. The smallest absolute Gasteiger partial charge is 0.187 e. The van der Waals surface area contributed by atoms with Crippen LogP contribution in [-0.2, 0) is 0 Å². The maximum atomic E-state index is 11.4. The third kappa shape index (κ3) is 2.68. The minimum Gasteiger partial charge on any atom is -0.289 e. The van der Waals surface area contributed by atoms with Gasteiger partial charge in [-0.2, -0.15) is 0 Å². The van der Waals surface area contributed by atoms with Crippen LogP contribution in [0.15, 0.2) is 34.8 Å². The normalized spacial score (nSPS) is 10.7. The van der Waals surface area contributed by atoms with Crippen LogP contribution in [0.5, 0.6) is 0 Å². The molecule has 0 aliphatic heterocycles. The second kappa shape index (κ2) is 4.58. The quantitative estimate of drug-likeness (QED) is 0.582. The molecule has 3 heteroatoms. The number of benzene rings is 1. The van der Waals surface area contributed by atoms with Crippen molar-refractivity contribution < 1.29 is 4.79 Å². The highest BCUT2D eigenvalue weighted by molar-refractivity contribution is 9.10.